The number of rotatable bonds is 5. The molecule has 0 radical (unpaired) electrons. The molecule has 0 atom stereocenters. The molecule has 8 nitrogen and oxygen atoms in total. The van der Waals surface area contributed by atoms with E-state index >= 15 is 0 Å². The number of hydrogen-bond acceptors (Lipinski definition) is 5. The summed E-state index contributed by atoms with van der Waals surface area (Å²) in [6, 6.07) is 8.26. The number of benzene rings is 1. The summed E-state index contributed by atoms with van der Waals surface area (Å²) >= 11 is 0. The molecule has 8 heteroatoms. The van der Waals surface area contributed by atoms with E-state index < -0.39 is 23.8 Å². The lowest BCUT2D eigenvalue weighted by molar-refractivity contribution is -0.139. The highest BCUT2D eigenvalue weighted by Gasteiger charge is 2.06. The van der Waals surface area contributed by atoms with Gasteiger partial charge in [-0.2, -0.15) is 5.26 Å². The normalized spacial score (nSPS) is 10.4. The third-order valence-corrected chi connectivity index (χ3v) is 2.75. The van der Waals surface area contributed by atoms with Crippen molar-refractivity contribution in [3.05, 3.63) is 61.9 Å². The molecule has 0 unspecified atom stereocenters. The lowest BCUT2D eigenvalue weighted by Crippen LogP contribution is -2.25. The maximum Gasteiger partial charge on any atom is 0.341 e. The van der Waals surface area contributed by atoms with Gasteiger partial charge in [0.1, 0.15) is 17.4 Å². The highest BCUT2D eigenvalue weighted by molar-refractivity contribution is 5.71. The van der Waals surface area contributed by atoms with Crippen LogP contribution < -0.4 is 16.0 Å². The Morgan fingerprint density at radius 1 is 1.30 bits per heavy atom. The Balaban J connectivity index is 2.29. The Kier molecular flexibility index (Phi) is 4.74. The van der Waals surface area contributed by atoms with Crippen LogP contribution in [0.3, 0.4) is 0 Å². The molecule has 0 saturated carbocycles. The maximum atomic E-state index is 11.5. The third kappa shape index (κ3) is 4.18. The number of aliphatic carboxylic acids is 1. The zero-order chi connectivity index (χ0) is 16.8. The third-order valence-electron chi connectivity index (χ3n) is 2.75. The molecule has 0 bridgehead atoms. The fraction of sp³-hybridized carbons (Fsp3) is 0.0667. The average molecular weight is 313 g/mol. The topological polar surface area (TPSA) is 136 Å². The van der Waals surface area contributed by atoms with Gasteiger partial charge in [-0.05, 0) is 23.8 Å². The van der Waals surface area contributed by atoms with E-state index in [0.29, 0.717) is 11.3 Å². The monoisotopic (exact) mass is 313 g/mol. The molecule has 0 saturated heterocycles. The number of aromatic amines is 2. The van der Waals surface area contributed by atoms with Gasteiger partial charge in [-0.25, -0.2) is 9.59 Å². The van der Waals surface area contributed by atoms with Crippen molar-refractivity contribution in [2.75, 3.05) is 6.61 Å². The first-order valence-electron chi connectivity index (χ1n) is 6.39. The number of H-pyrrole nitrogens is 2. The van der Waals surface area contributed by atoms with Crippen molar-refractivity contribution >= 4 is 18.1 Å². The van der Waals surface area contributed by atoms with E-state index in [0.717, 1.165) is 0 Å². The standard InChI is InChI=1S/C15H11N3O5/c16-7-11-12(17-15(22)18-14(11)21)5-4-9-2-1-3-10(6-9)23-8-13(19)20/h1-6H,8H2,(H,19,20)(H2,17,18,21,22)/b5-4+. The molecule has 3 N–H and O–H groups in total. The molecule has 116 valence electrons. The minimum Gasteiger partial charge on any atom is -0.482 e. The van der Waals surface area contributed by atoms with Gasteiger partial charge in [0.2, 0.25) is 0 Å². The molecule has 2 rings (SSSR count). The minimum atomic E-state index is -1.09. The van der Waals surface area contributed by atoms with Gasteiger partial charge >= 0.3 is 11.7 Å². The maximum absolute atomic E-state index is 11.5. The van der Waals surface area contributed by atoms with Crippen molar-refractivity contribution in [3.63, 3.8) is 0 Å². The van der Waals surface area contributed by atoms with Crippen molar-refractivity contribution in [3.8, 4) is 11.8 Å². The second-order valence-corrected chi connectivity index (χ2v) is 4.40. The van der Waals surface area contributed by atoms with Crippen LogP contribution in [0.15, 0.2) is 33.9 Å². The Morgan fingerprint density at radius 2 is 2.09 bits per heavy atom. The molecule has 1 heterocycles. The van der Waals surface area contributed by atoms with E-state index in [1.54, 1.807) is 36.4 Å². The molecule has 23 heavy (non-hydrogen) atoms. The fourth-order valence-electron chi connectivity index (χ4n) is 1.77. The van der Waals surface area contributed by atoms with Gasteiger partial charge in [0.25, 0.3) is 5.56 Å². The summed E-state index contributed by atoms with van der Waals surface area (Å²) in [5.74, 6) is -0.736. The van der Waals surface area contributed by atoms with Gasteiger partial charge in [-0.3, -0.25) is 9.78 Å². The molecule has 1 aromatic carbocycles. The van der Waals surface area contributed by atoms with Gasteiger partial charge in [0.05, 0.1) is 5.69 Å². The van der Waals surface area contributed by atoms with E-state index in [2.05, 4.69) is 4.98 Å². The lowest BCUT2D eigenvalue weighted by atomic mass is 10.1. The summed E-state index contributed by atoms with van der Waals surface area (Å²) in [5, 5.41) is 17.5. The molecular weight excluding hydrogens is 302 g/mol. The Labute approximate surface area is 129 Å². The number of carboxylic acids is 1. The number of nitrogens with one attached hydrogen (secondary N) is 2. The summed E-state index contributed by atoms with van der Waals surface area (Å²) in [4.78, 5) is 37.6. The van der Waals surface area contributed by atoms with Crippen LogP contribution in [0.2, 0.25) is 0 Å². The van der Waals surface area contributed by atoms with Crippen molar-refractivity contribution in [1.29, 1.82) is 5.26 Å². The van der Waals surface area contributed by atoms with Crippen LogP contribution >= 0.6 is 0 Å². The quantitative estimate of drug-likeness (QED) is 0.738. The van der Waals surface area contributed by atoms with E-state index in [1.807, 2.05) is 4.98 Å². The van der Waals surface area contributed by atoms with Crippen LogP contribution in [0.1, 0.15) is 16.8 Å². The zero-order valence-corrected chi connectivity index (χ0v) is 11.7. The number of hydrogen-bond donors (Lipinski definition) is 3. The molecule has 0 amide bonds. The molecule has 1 aromatic heterocycles. The fourth-order valence-corrected chi connectivity index (χ4v) is 1.77. The van der Waals surface area contributed by atoms with E-state index in [-0.39, 0.29) is 11.3 Å². The largest absolute Gasteiger partial charge is 0.482 e. The van der Waals surface area contributed by atoms with E-state index in [9.17, 15) is 14.4 Å². The van der Waals surface area contributed by atoms with Crippen molar-refractivity contribution in [2.24, 2.45) is 0 Å². The van der Waals surface area contributed by atoms with Crippen molar-refractivity contribution in [2.45, 2.75) is 0 Å². The molecular formula is C15H11N3O5. The smallest absolute Gasteiger partial charge is 0.341 e. The Bertz CT molecular complexity index is 918. The van der Waals surface area contributed by atoms with Crippen LogP contribution in [-0.2, 0) is 4.79 Å². The predicted octanol–water partition coefficient (Wildman–Crippen LogP) is 0.569. The lowest BCUT2D eigenvalue weighted by Gasteiger charge is -2.03. The number of nitrogens with zero attached hydrogens (tertiary/aromatic N) is 1. The van der Waals surface area contributed by atoms with E-state index in [4.69, 9.17) is 15.1 Å². The number of ether oxygens (including phenoxy) is 1. The molecule has 2 aromatic rings. The van der Waals surface area contributed by atoms with Crippen LogP contribution in [-0.4, -0.2) is 27.7 Å². The second-order valence-electron chi connectivity index (χ2n) is 4.40. The zero-order valence-electron chi connectivity index (χ0n) is 11.7. The average Bonchev–Trinajstić information content (AvgIpc) is 2.51. The first-order chi connectivity index (χ1) is 11.0. The highest BCUT2D eigenvalue weighted by atomic mass is 16.5. The van der Waals surface area contributed by atoms with Crippen LogP contribution in [0.5, 0.6) is 5.75 Å². The predicted molar refractivity (Wildman–Crippen MR) is 80.9 cm³/mol. The van der Waals surface area contributed by atoms with Gasteiger partial charge in [-0.15, -0.1) is 0 Å². The summed E-state index contributed by atoms with van der Waals surface area (Å²) in [7, 11) is 0. The van der Waals surface area contributed by atoms with Gasteiger partial charge in [0.15, 0.2) is 6.61 Å². The van der Waals surface area contributed by atoms with Gasteiger partial charge in [-0.1, -0.05) is 18.2 Å². The molecule has 0 aliphatic rings. The molecule has 0 spiro atoms. The van der Waals surface area contributed by atoms with Crippen LogP contribution in [0.4, 0.5) is 0 Å². The molecule has 0 fully saturated rings. The SMILES string of the molecule is N#Cc1c(/C=C/c2cccc(OCC(=O)O)c2)[nH]c(=O)[nH]c1=O. The minimum absolute atomic E-state index is 0.0816. The Hall–Kier alpha value is -3.60. The Morgan fingerprint density at radius 3 is 2.78 bits per heavy atom. The number of aromatic nitrogens is 2. The number of carboxylic acid groups (broad SMARTS) is 1. The summed E-state index contributed by atoms with van der Waals surface area (Å²) < 4.78 is 5.04. The highest BCUT2D eigenvalue weighted by Crippen LogP contribution is 2.15. The first kappa shape index (κ1) is 15.8. The van der Waals surface area contributed by atoms with Crippen LogP contribution in [0.25, 0.3) is 12.2 Å². The molecule has 0 aliphatic heterocycles. The first-order valence-corrected chi connectivity index (χ1v) is 6.39. The summed E-state index contributed by atoms with van der Waals surface area (Å²) in [6.07, 6.45) is 2.96. The number of carbonyl (C=O) groups is 1. The van der Waals surface area contributed by atoms with Gasteiger partial charge in [0, 0.05) is 0 Å². The summed E-state index contributed by atoms with van der Waals surface area (Å²) in [6.45, 7) is -0.465. The second kappa shape index (κ2) is 6.91. The van der Waals surface area contributed by atoms with Gasteiger partial charge < -0.3 is 14.8 Å². The van der Waals surface area contributed by atoms with E-state index in [1.165, 1.54) is 6.08 Å². The summed E-state index contributed by atoms with van der Waals surface area (Å²) in [5.41, 5.74) is -0.975. The van der Waals surface area contributed by atoms with Crippen LogP contribution in [0, 0.1) is 11.3 Å². The number of nitriles is 1. The van der Waals surface area contributed by atoms with Crippen molar-refractivity contribution < 1.29 is 14.6 Å². The molecule has 0 aliphatic carbocycles. The van der Waals surface area contributed by atoms with Crippen molar-refractivity contribution in [1.82, 2.24) is 9.97 Å².